The van der Waals surface area contributed by atoms with Gasteiger partial charge in [0.15, 0.2) is 0 Å². The summed E-state index contributed by atoms with van der Waals surface area (Å²) in [6.45, 7) is 2.53. The van der Waals surface area contributed by atoms with Gasteiger partial charge in [-0.25, -0.2) is 0 Å². The average Bonchev–Trinajstić information content (AvgIpc) is 2.53. The lowest BCUT2D eigenvalue weighted by atomic mass is 10.2. The highest BCUT2D eigenvalue weighted by molar-refractivity contribution is 6.32. The van der Waals surface area contributed by atoms with Gasteiger partial charge in [0, 0.05) is 12.1 Å². The zero-order valence-electron chi connectivity index (χ0n) is 13.3. The van der Waals surface area contributed by atoms with Crippen LogP contribution in [0.5, 0.6) is 11.5 Å². The zero-order chi connectivity index (χ0) is 16.7. The molecule has 0 fully saturated rings. The van der Waals surface area contributed by atoms with Gasteiger partial charge in [0.25, 0.3) is 0 Å². The molecular formula is C18H20ClNO3. The van der Waals surface area contributed by atoms with E-state index in [-0.39, 0.29) is 5.91 Å². The fraction of sp³-hybridized carbons (Fsp3) is 0.278. The number of anilines is 1. The van der Waals surface area contributed by atoms with E-state index in [1.165, 1.54) is 5.56 Å². The van der Waals surface area contributed by atoms with Crippen molar-refractivity contribution in [1.82, 2.24) is 0 Å². The summed E-state index contributed by atoms with van der Waals surface area (Å²) < 4.78 is 10.7. The van der Waals surface area contributed by atoms with Crippen LogP contribution in [0.25, 0.3) is 0 Å². The first-order chi connectivity index (χ1) is 11.1. The number of methoxy groups -OCH3 is 1. The molecule has 23 heavy (non-hydrogen) atoms. The summed E-state index contributed by atoms with van der Waals surface area (Å²) >= 11 is 6.02. The minimum atomic E-state index is -0.0706. The molecule has 0 saturated carbocycles. The van der Waals surface area contributed by atoms with Crippen molar-refractivity contribution in [3.05, 3.63) is 53.1 Å². The quantitative estimate of drug-likeness (QED) is 0.761. The largest absolute Gasteiger partial charge is 0.495 e. The molecule has 0 aromatic heterocycles. The molecule has 0 bridgehead atoms. The van der Waals surface area contributed by atoms with Crippen molar-refractivity contribution >= 4 is 23.2 Å². The molecule has 0 atom stereocenters. The highest BCUT2D eigenvalue weighted by Gasteiger charge is 2.06. The van der Waals surface area contributed by atoms with Crippen LogP contribution in [0.2, 0.25) is 5.02 Å². The van der Waals surface area contributed by atoms with Crippen LogP contribution in [-0.2, 0) is 4.79 Å². The SMILES string of the molecule is COc1ccc(NC(=O)CCCOc2ccc(C)cc2)cc1Cl. The van der Waals surface area contributed by atoms with E-state index in [0.717, 1.165) is 5.75 Å². The van der Waals surface area contributed by atoms with E-state index >= 15 is 0 Å². The van der Waals surface area contributed by atoms with Gasteiger partial charge < -0.3 is 14.8 Å². The van der Waals surface area contributed by atoms with Crippen LogP contribution in [0, 0.1) is 6.92 Å². The molecule has 1 N–H and O–H groups in total. The third-order valence-electron chi connectivity index (χ3n) is 3.27. The summed E-state index contributed by atoms with van der Waals surface area (Å²) in [4.78, 5) is 11.9. The number of halogens is 1. The smallest absolute Gasteiger partial charge is 0.224 e. The molecule has 5 heteroatoms. The molecule has 1 amide bonds. The van der Waals surface area contributed by atoms with Gasteiger partial charge in [-0.1, -0.05) is 29.3 Å². The zero-order valence-corrected chi connectivity index (χ0v) is 14.0. The number of ether oxygens (including phenoxy) is 2. The fourth-order valence-electron chi connectivity index (χ4n) is 2.02. The summed E-state index contributed by atoms with van der Waals surface area (Å²) in [6, 6.07) is 13.0. The van der Waals surface area contributed by atoms with E-state index in [4.69, 9.17) is 21.1 Å². The number of rotatable bonds is 7. The van der Waals surface area contributed by atoms with Gasteiger partial charge in [-0.15, -0.1) is 0 Å². The Labute approximate surface area is 141 Å². The maximum Gasteiger partial charge on any atom is 0.224 e. The number of nitrogens with one attached hydrogen (secondary N) is 1. The highest BCUT2D eigenvalue weighted by atomic mass is 35.5. The van der Waals surface area contributed by atoms with Crippen molar-refractivity contribution in [1.29, 1.82) is 0 Å². The van der Waals surface area contributed by atoms with Crippen molar-refractivity contribution < 1.29 is 14.3 Å². The Balaban J connectivity index is 1.72. The summed E-state index contributed by atoms with van der Waals surface area (Å²) in [5.41, 5.74) is 1.84. The molecule has 2 aromatic carbocycles. The molecule has 0 spiro atoms. The van der Waals surface area contributed by atoms with Crippen molar-refractivity contribution in [2.75, 3.05) is 19.0 Å². The standard InChI is InChI=1S/C18H20ClNO3/c1-13-5-8-15(9-6-13)23-11-3-4-18(21)20-14-7-10-17(22-2)16(19)12-14/h5-10,12H,3-4,11H2,1-2H3,(H,20,21). The van der Waals surface area contributed by atoms with Crippen molar-refractivity contribution in [3.8, 4) is 11.5 Å². The number of carbonyl (C=O) groups excluding carboxylic acids is 1. The van der Waals surface area contributed by atoms with E-state index in [1.807, 2.05) is 31.2 Å². The summed E-state index contributed by atoms with van der Waals surface area (Å²) in [7, 11) is 1.55. The van der Waals surface area contributed by atoms with Gasteiger partial charge >= 0.3 is 0 Å². The van der Waals surface area contributed by atoms with Crippen molar-refractivity contribution in [3.63, 3.8) is 0 Å². The molecule has 4 nitrogen and oxygen atoms in total. The maximum atomic E-state index is 11.9. The van der Waals surface area contributed by atoms with Crippen LogP contribution < -0.4 is 14.8 Å². The van der Waals surface area contributed by atoms with Crippen LogP contribution in [0.1, 0.15) is 18.4 Å². The molecule has 0 radical (unpaired) electrons. The minimum Gasteiger partial charge on any atom is -0.495 e. The van der Waals surface area contributed by atoms with Gasteiger partial charge in [-0.3, -0.25) is 4.79 Å². The molecule has 0 heterocycles. The topological polar surface area (TPSA) is 47.6 Å². The lowest BCUT2D eigenvalue weighted by molar-refractivity contribution is -0.116. The van der Waals surface area contributed by atoms with Crippen molar-refractivity contribution in [2.24, 2.45) is 0 Å². The molecular weight excluding hydrogens is 314 g/mol. The Morgan fingerprint density at radius 3 is 2.57 bits per heavy atom. The molecule has 0 aliphatic carbocycles. The number of carbonyl (C=O) groups is 1. The van der Waals surface area contributed by atoms with Crippen LogP contribution in [0.15, 0.2) is 42.5 Å². The minimum absolute atomic E-state index is 0.0706. The molecule has 2 rings (SSSR count). The van der Waals surface area contributed by atoms with E-state index in [1.54, 1.807) is 25.3 Å². The summed E-state index contributed by atoms with van der Waals surface area (Å²) in [5.74, 6) is 1.33. The van der Waals surface area contributed by atoms with Crippen molar-refractivity contribution in [2.45, 2.75) is 19.8 Å². The molecule has 122 valence electrons. The summed E-state index contributed by atoms with van der Waals surface area (Å²) in [5, 5.41) is 3.27. The predicted molar refractivity (Wildman–Crippen MR) is 92.5 cm³/mol. The van der Waals surface area contributed by atoms with Gasteiger partial charge in [0.05, 0.1) is 18.7 Å². The second-order valence-corrected chi connectivity index (χ2v) is 5.57. The number of hydrogen-bond acceptors (Lipinski definition) is 3. The maximum absolute atomic E-state index is 11.9. The average molecular weight is 334 g/mol. The van der Waals surface area contributed by atoms with Gasteiger partial charge in [-0.2, -0.15) is 0 Å². The number of hydrogen-bond donors (Lipinski definition) is 1. The Morgan fingerprint density at radius 1 is 1.17 bits per heavy atom. The lowest BCUT2D eigenvalue weighted by Crippen LogP contribution is -2.12. The van der Waals surface area contributed by atoms with Crippen LogP contribution >= 0.6 is 11.6 Å². The number of aryl methyl sites for hydroxylation is 1. The van der Waals surface area contributed by atoms with E-state index in [9.17, 15) is 4.79 Å². The van der Waals surface area contributed by atoms with E-state index < -0.39 is 0 Å². The van der Waals surface area contributed by atoms with E-state index in [0.29, 0.717) is 35.9 Å². The monoisotopic (exact) mass is 333 g/mol. The molecule has 0 aliphatic heterocycles. The first kappa shape index (κ1) is 17.2. The normalized spacial score (nSPS) is 10.2. The Kier molecular flexibility index (Phi) is 6.29. The third-order valence-corrected chi connectivity index (χ3v) is 3.57. The van der Waals surface area contributed by atoms with Gasteiger partial charge in [-0.05, 0) is 43.7 Å². The second kappa shape index (κ2) is 8.44. The molecule has 2 aromatic rings. The van der Waals surface area contributed by atoms with E-state index in [2.05, 4.69) is 5.32 Å². The highest BCUT2D eigenvalue weighted by Crippen LogP contribution is 2.27. The second-order valence-electron chi connectivity index (χ2n) is 5.16. The predicted octanol–water partition coefficient (Wildman–Crippen LogP) is 4.45. The molecule has 0 aliphatic rings. The molecule has 0 saturated heterocycles. The van der Waals surface area contributed by atoms with Crippen LogP contribution in [0.3, 0.4) is 0 Å². The van der Waals surface area contributed by atoms with Gasteiger partial charge in [0.1, 0.15) is 11.5 Å². The van der Waals surface area contributed by atoms with Crippen LogP contribution in [-0.4, -0.2) is 19.6 Å². The summed E-state index contributed by atoms with van der Waals surface area (Å²) in [6.07, 6.45) is 1.03. The first-order valence-corrected chi connectivity index (χ1v) is 7.79. The fourth-order valence-corrected chi connectivity index (χ4v) is 2.28. The number of benzene rings is 2. The Bertz CT molecular complexity index is 656. The lowest BCUT2D eigenvalue weighted by Gasteiger charge is -2.09. The molecule has 0 unspecified atom stereocenters. The van der Waals surface area contributed by atoms with Crippen LogP contribution in [0.4, 0.5) is 5.69 Å². The number of amides is 1. The third kappa shape index (κ3) is 5.49. The van der Waals surface area contributed by atoms with Gasteiger partial charge in [0.2, 0.25) is 5.91 Å². The Morgan fingerprint density at radius 2 is 1.91 bits per heavy atom. The first-order valence-electron chi connectivity index (χ1n) is 7.41. The Hall–Kier alpha value is -2.20.